The van der Waals surface area contributed by atoms with Gasteiger partial charge in [-0.3, -0.25) is 0 Å². The molecule has 2 rings (SSSR count). The summed E-state index contributed by atoms with van der Waals surface area (Å²) in [5.41, 5.74) is 9.43. The number of ether oxygens (including phenoxy) is 1. The van der Waals surface area contributed by atoms with Gasteiger partial charge >= 0.3 is 0 Å². The summed E-state index contributed by atoms with van der Waals surface area (Å²) in [5, 5.41) is 0. The highest BCUT2D eigenvalue weighted by molar-refractivity contribution is 5.52. The molecule has 0 aromatic heterocycles. The SMILES string of the molecule is COc1c(C(C)(N)c2cccc(F)c2)ccc(C)c1C. The zero-order valence-corrected chi connectivity index (χ0v) is 12.3. The van der Waals surface area contributed by atoms with Gasteiger partial charge in [0, 0.05) is 5.56 Å². The summed E-state index contributed by atoms with van der Waals surface area (Å²) >= 11 is 0. The fourth-order valence-corrected chi connectivity index (χ4v) is 2.43. The maximum Gasteiger partial charge on any atom is 0.127 e. The third-order valence-corrected chi connectivity index (χ3v) is 3.86. The van der Waals surface area contributed by atoms with E-state index in [1.165, 1.54) is 12.1 Å². The van der Waals surface area contributed by atoms with Crippen molar-refractivity contribution in [1.29, 1.82) is 0 Å². The molecule has 2 aromatic rings. The monoisotopic (exact) mass is 273 g/mol. The Balaban J connectivity index is 2.63. The van der Waals surface area contributed by atoms with Crippen LogP contribution in [0.5, 0.6) is 5.75 Å². The molecule has 106 valence electrons. The molecule has 1 atom stereocenters. The van der Waals surface area contributed by atoms with Crippen LogP contribution in [0.3, 0.4) is 0 Å². The molecule has 2 aromatic carbocycles. The average Bonchev–Trinajstić information content (AvgIpc) is 2.41. The number of halogens is 1. The van der Waals surface area contributed by atoms with Crippen LogP contribution in [0.2, 0.25) is 0 Å². The Morgan fingerprint density at radius 3 is 2.45 bits per heavy atom. The van der Waals surface area contributed by atoms with Gasteiger partial charge in [-0.2, -0.15) is 0 Å². The van der Waals surface area contributed by atoms with Crippen molar-refractivity contribution in [2.75, 3.05) is 7.11 Å². The van der Waals surface area contributed by atoms with Crippen LogP contribution in [-0.4, -0.2) is 7.11 Å². The number of nitrogens with two attached hydrogens (primary N) is 1. The summed E-state index contributed by atoms with van der Waals surface area (Å²) in [6, 6.07) is 10.3. The van der Waals surface area contributed by atoms with Gasteiger partial charge in [0.1, 0.15) is 11.6 Å². The van der Waals surface area contributed by atoms with E-state index in [-0.39, 0.29) is 5.82 Å². The fourth-order valence-electron chi connectivity index (χ4n) is 2.43. The van der Waals surface area contributed by atoms with Crippen molar-refractivity contribution >= 4 is 0 Å². The van der Waals surface area contributed by atoms with E-state index in [0.717, 1.165) is 28.0 Å². The second kappa shape index (κ2) is 5.25. The van der Waals surface area contributed by atoms with Crippen LogP contribution >= 0.6 is 0 Å². The van der Waals surface area contributed by atoms with Crippen molar-refractivity contribution in [1.82, 2.24) is 0 Å². The molecule has 0 fully saturated rings. The molecule has 20 heavy (non-hydrogen) atoms. The summed E-state index contributed by atoms with van der Waals surface area (Å²) in [6.45, 7) is 5.89. The van der Waals surface area contributed by atoms with Gasteiger partial charge in [0.25, 0.3) is 0 Å². The summed E-state index contributed by atoms with van der Waals surface area (Å²) < 4.78 is 19.0. The van der Waals surface area contributed by atoms with Crippen molar-refractivity contribution in [2.24, 2.45) is 5.73 Å². The van der Waals surface area contributed by atoms with Gasteiger partial charge in [-0.1, -0.05) is 24.3 Å². The van der Waals surface area contributed by atoms with Gasteiger partial charge < -0.3 is 10.5 Å². The lowest BCUT2D eigenvalue weighted by Gasteiger charge is -2.29. The van der Waals surface area contributed by atoms with Gasteiger partial charge in [-0.25, -0.2) is 4.39 Å². The van der Waals surface area contributed by atoms with Crippen molar-refractivity contribution < 1.29 is 9.13 Å². The standard InChI is InChI=1S/C17H20FNO/c1-11-8-9-15(16(20-4)12(11)2)17(3,19)13-6-5-7-14(18)10-13/h5-10H,19H2,1-4H3. The molecule has 0 aliphatic carbocycles. The summed E-state index contributed by atoms with van der Waals surface area (Å²) in [5.74, 6) is 0.473. The highest BCUT2D eigenvalue weighted by atomic mass is 19.1. The zero-order chi connectivity index (χ0) is 14.9. The van der Waals surface area contributed by atoms with Crippen LogP contribution in [0.25, 0.3) is 0 Å². The number of benzene rings is 2. The minimum atomic E-state index is -0.814. The normalized spacial score (nSPS) is 13.9. The summed E-state index contributed by atoms with van der Waals surface area (Å²) in [4.78, 5) is 0. The van der Waals surface area contributed by atoms with E-state index in [2.05, 4.69) is 0 Å². The molecule has 0 bridgehead atoms. The molecule has 0 aliphatic rings. The third-order valence-electron chi connectivity index (χ3n) is 3.86. The minimum Gasteiger partial charge on any atom is -0.496 e. The number of methoxy groups -OCH3 is 1. The Labute approximate surface area is 119 Å². The molecule has 3 heteroatoms. The largest absolute Gasteiger partial charge is 0.496 e. The molecule has 1 unspecified atom stereocenters. The first-order valence-corrected chi connectivity index (χ1v) is 6.57. The molecule has 0 amide bonds. The molecule has 0 saturated heterocycles. The highest BCUT2D eigenvalue weighted by Crippen LogP contribution is 2.36. The van der Waals surface area contributed by atoms with E-state index in [4.69, 9.17) is 10.5 Å². The van der Waals surface area contributed by atoms with E-state index < -0.39 is 5.54 Å². The Hall–Kier alpha value is -1.87. The molecule has 0 radical (unpaired) electrons. The second-order valence-electron chi connectivity index (χ2n) is 5.30. The smallest absolute Gasteiger partial charge is 0.127 e. The predicted octanol–water partition coefficient (Wildman–Crippen LogP) is 3.67. The first kappa shape index (κ1) is 14.5. The van der Waals surface area contributed by atoms with Crippen molar-refractivity contribution in [3.8, 4) is 5.75 Å². The van der Waals surface area contributed by atoms with E-state index in [1.54, 1.807) is 13.2 Å². The van der Waals surface area contributed by atoms with E-state index in [0.29, 0.717) is 0 Å². The molecule has 0 saturated carbocycles. The van der Waals surface area contributed by atoms with Crippen molar-refractivity contribution in [2.45, 2.75) is 26.3 Å². The summed E-state index contributed by atoms with van der Waals surface area (Å²) in [6.07, 6.45) is 0. The number of rotatable bonds is 3. The lowest BCUT2D eigenvalue weighted by molar-refractivity contribution is 0.395. The molecular formula is C17H20FNO. The third kappa shape index (κ3) is 2.41. The Morgan fingerprint density at radius 2 is 1.85 bits per heavy atom. The molecule has 0 heterocycles. The van der Waals surface area contributed by atoms with Crippen LogP contribution in [0.4, 0.5) is 4.39 Å². The van der Waals surface area contributed by atoms with Gasteiger partial charge in [-0.15, -0.1) is 0 Å². The van der Waals surface area contributed by atoms with E-state index >= 15 is 0 Å². The first-order valence-electron chi connectivity index (χ1n) is 6.57. The molecular weight excluding hydrogens is 253 g/mol. The quantitative estimate of drug-likeness (QED) is 0.926. The maximum absolute atomic E-state index is 13.5. The lowest BCUT2D eigenvalue weighted by Crippen LogP contribution is -2.35. The van der Waals surface area contributed by atoms with Crippen LogP contribution in [0.1, 0.15) is 29.2 Å². The topological polar surface area (TPSA) is 35.2 Å². The number of hydrogen-bond donors (Lipinski definition) is 1. The Bertz CT molecular complexity index is 635. The fraction of sp³-hybridized carbons (Fsp3) is 0.294. The molecule has 0 aliphatic heterocycles. The van der Waals surface area contributed by atoms with E-state index in [1.807, 2.05) is 39.0 Å². The summed E-state index contributed by atoms with van der Waals surface area (Å²) in [7, 11) is 1.63. The van der Waals surface area contributed by atoms with Crippen LogP contribution in [-0.2, 0) is 5.54 Å². The Kier molecular flexibility index (Phi) is 3.82. The number of aryl methyl sites for hydroxylation is 1. The van der Waals surface area contributed by atoms with Gasteiger partial charge in [0.15, 0.2) is 0 Å². The maximum atomic E-state index is 13.5. The van der Waals surface area contributed by atoms with Gasteiger partial charge in [-0.05, 0) is 49.6 Å². The predicted molar refractivity (Wildman–Crippen MR) is 79.5 cm³/mol. The molecule has 2 nitrogen and oxygen atoms in total. The van der Waals surface area contributed by atoms with Gasteiger partial charge in [0.2, 0.25) is 0 Å². The second-order valence-corrected chi connectivity index (χ2v) is 5.30. The van der Waals surface area contributed by atoms with Crippen LogP contribution in [0, 0.1) is 19.7 Å². The zero-order valence-electron chi connectivity index (χ0n) is 12.3. The average molecular weight is 273 g/mol. The molecule has 2 N–H and O–H groups in total. The van der Waals surface area contributed by atoms with E-state index in [9.17, 15) is 4.39 Å². The van der Waals surface area contributed by atoms with Gasteiger partial charge in [0.05, 0.1) is 12.6 Å². The van der Waals surface area contributed by atoms with Crippen molar-refractivity contribution in [3.63, 3.8) is 0 Å². The highest BCUT2D eigenvalue weighted by Gasteiger charge is 2.28. The number of hydrogen-bond acceptors (Lipinski definition) is 2. The first-order chi connectivity index (χ1) is 9.37. The van der Waals surface area contributed by atoms with Crippen LogP contribution < -0.4 is 10.5 Å². The minimum absolute atomic E-state index is 0.290. The Morgan fingerprint density at radius 1 is 1.15 bits per heavy atom. The lowest BCUT2D eigenvalue weighted by atomic mass is 9.83. The molecule has 0 spiro atoms. The van der Waals surface area contributed by atoms with Crippen LogP contribution in [0.15, 0.2) is 36.4 Å². The van der Waals surface area contributed by atoms with Crippen molar-refractivity contribution in [3.05, 3.63) is 64.5 Å².